The number of ether oxygens (including phenoxy) is 1. The fourth-order valence-electron chi connectivity index (χ4n) is 2.88. The molecule has 7 heteroatoms. The number of halogens is 1. The molecule has 0 heterocycles. The van der Waals surface area contributed by atoms with Crippen LogP contribution in [0, 0.1) is 0 Å². The number of amides is 1. The van der Waals surface area contributed by atoms with Crippen LogP contribution in [0.5, 0.6) is 0 Å². The minimum atomic E-state index is -1.04. The minimum absolute atomic E-state index is 0.0194. The molecule has 154 valence electrons. The van der Waals surface area contributed by atoms with Gasteiger partial charge in [0.25, 0.3) is 0 Å². The Labute approximate surface area is 174 Å². The fraction of sp³-hybridized carbons (Fsp3) is 0.318. The highest BCUT2D eigenvalue weighted by Crippen LogP contribution is 2.22. The smallest absolute Gasteiger partial charge is 0.307 e. The average molecular weight is 418 g/mol. The molecule has 1 atom stereocenters. The lowest BCUT2D eigenvalue weighted by Crippen LogP contribution is -2.38. The number of carbonyl (C=O) groups excluding carboxylic acids is 2. The van der Waals surface area contributed by atoms with Gasteiger partial charge in [0.05, 0.1) is 19.4 Å². The van der Waals surface area contributed by atoms with E-state index < -0.39 is 23.9 Å². The van der Waals surface area contributed by atoms with Crippen LogP contribution in [0.15, 0.2) is 48.5 Å². The number of hydrogen-bond acceptors (Lipinski definition) is 4. The van der Waals surface area contributed by atoms with Gasteiger partial charge < -0.3 is 15.2 Å². The maximum atomic E-state index is 12.0. The predicted molar refractivity (Wildman–Crippen MR) is 111 cm³/mol. The summed E-state index contributed by atoms with van der Waals surface area (Å²) in [7, 11) is 0. The second-order valence-electron chi connectivity index (χ2n) is 6.58. The van der Waals surface area contributed by atoms with Crippen molar-refractivity contribution >= 4 is 29.4 Å². The van der Waals surface area contributed by atoms with E-state index in [1.807, 2.05) is 48.5 Å². The molecule has 0 aromatic heterocycles. The molecule has 29 heavy (non-hydrogen) atoms. The van der Waals surface area contributed by atoms with Gasteiger partial charge in [-0.1, -0.05) is 48.0 Å². The Balaban J connectivity index is 2.05. The number of rotatable bonds is 10. The Bertz CT molecular complexity index is 833. The third kappa shape index (κ3) is 7.95. The van der Waals surface area contributed by atoms with Crippen molar-refractivity contribution in [2.24, 2.45) is 0 Å². The summed E-state index contributed by atoms with van der Waals surface area (Å²) in [5.41, 5.74) is 3.00. The van der Waals surface area contributed by atoms with Crippen LogP contribution in [-0.4, -0.2) is 35.6 Å². The normalized spacial score (nSPS) is 11.5. The summed E-state index contributed by atoms with van der Waals surface area (Å²) in [4.78, 5) is 34.5. The molecule has 0 aliphatic rings. The molecule has 2 aromatic carbocycles. The molecule has 0 aliphatic heterocycles. The topological polar surface area (TPSA) is 92.7 Å². The van der Waals surface area contributed by atoms with Crippen molar-refractivity contribution < 1.29 is 24.2 Å². The van der Waals surface area contributed by atoms with E-state index in [-0.39, 0.29) is 25.9 Å². The van der Waals surface area contributed by atoms with Gasteiger partial charge in [-0.15, -0.1) is 0 Å². The lowest BCUT2D eigenvalue weighted by molar-refractivity contribution is -0.144. The van der Waals surface area contributed by atoms with Crippen LogP contribution >= 0.6 is 11.6 Å². The van der Waals surface area contributed by atoms with E-state index in [2.05, 4.69) is 5.32 Å². The zero-order valence-corrected chi connectivity index (χ0v) is 16.9. The minimum Gasteiger partial charge on any atom is -0.481 e. The number of aliphatic carboxylic acids is 1. The molecule has 0 spiro atoms. The summed E-state index contributed by atoms with van der Waals surface area (Å²) >= 11 is 5.92. The van der Waals surface area contributed by atoms with E-state index in [1.165, 1.54) is 0 Å². The van der Waals surface area contributed by atoms with Crippen LogP contribution in [0.25, 0.3) is 11.1 Å². The Morgan fingerprint density at radius 2 is 1.59 bits per heavy atom. The molecular weight excluding hydrogens is 394 g/mol. The maximum absolute atomic E-state index is 12.0. The molecule has 2 rings (SSSR count). The molecule has 2 aromatic rings. The number of carboxylic acid groups (broad SMARTS) is 1. The summed E-state index contributed by atoms with van der Waals surface area (Å²) in [5, 5.41) is 12.1. The standard InChI is InChI=1S/C22H24ClNO5/c1-2-29-22(28)14-19(24-20(25)11-12-21(26)27)13-15-3-5-16(6-4-15)17-7-9-18(23)10-8-17/h3-10,19H,2,11-14H2,1H3,(H,24,25)(H,26,27)/t19-/m1/s1. The van der Waals surface area contributed by atoms with E-state index in [9.17, 15) is 14.4 Å². The van der Waals surface area contributed by atoms with Gasteiger partial charge in [-0.3, -0.25) is 14.4 Å². The second kappa shape index (κ2) is 11.2. The van der Waals surface area contributed by atoms with Crippen molar-refractivity contribution in [1.82, 2.24) is 5.32 Å². The quantitative estimate of drug-likeness (QED) is 0.573. The van der Waals surface area contributed by atoms with Gasteiger partial charge in [0.15, 0.2) is 0 Å². The second-order valence-corrected chi connectivity index (χ2v) is 7.01. The van der Waals surface area contributed by atoms with Gasteiger partial charge in [0.1, 0.15) is 0 Å². The Kier molecular flexibility index (Phi) is 8.68. The fourth-order valence-corrected chi connectivity index (χ4v) is 3.00. The lowest BCUT2D eigenvalue weighted by Gasteiger charge is -2.18. The third-order valence-corrected chi connectivity index (χ3v) is 4.51. The van der Waals surface area contributed by atoms with Crippen molar-refractivity contribution in [1.29, 1.82) is 0 Å². The predicted octanol–water partition coefficient (Wildman–Crippen LogP) is 3.85. The molecule has 1 amide bonds. The van der Waals surface area contributed by atoms with Crippen LogP contribution in [0.2, 0.25) is 5.02 Å². The Morgan fingerprint density at radius 1 is 1.00 bits per heavy atom. The summed E-state index contributed by atoms with van der Waals surface area (Å²) in [6.45, 7) is 1.97. The van der Waals surface area contributed by atoms with Crippen LogP contribution in [0.4, 0.5) is 0 Å². The number of carbonyl (C=O) groups is 3. The number of benzene rings is 2. The molecule has 2 N–H and O–H groups in total. The molecule has 0 saturated heterocycles. The van der Waals surface area contributed by atoms with Crippen LogP contribution < -0.4 is 5.32 Å². The average Bonchev–Trinajstić information content (AvgIpc) is 2.68. The lowest BCUT2D eigenvalue weighted by atomic mass is 9.99. The van der Waals surface area contributed by atoms with Gasteiger partial charge in [0.2, 0.25) is 5.91 Å². The largest absolute Gasteiger partial charge is 0.481 e. The van der Waals surface area contributed by atoms with Crippen molar-refractivity contribution in [3.63, 3.8) is 0 Å². The van der Waals surface area contributed by atoms with Gasteiger partial charge in [0, 0.05) is 17.5 Å². The van der Waals surface area contributed by atoms with Gasteiger partial charge in [-0.05, 0) is 42.2 Å². The number of esters is 1. The Morgan fingerprint density at radius 3 is 2.14 bits per heavy atom. The molecule has 0 unspecified atom stereocenters. The highest BCUT2D eigenvalue weighted by Gasteiger charge is 2.18. The van der Waals surface area contributed by atoms with Gasteiger partial charge in [-0.2, -0.15) is 0 Å². The molecule has 0 saturated carbocycles. The van der Waals surface area contributed by atoms with Crippen molar-refractivity contribution in [3.8, 4) is 11.1 Å². The van der Waals surface area contributed by atoms with Crippen LogP contribution in [0.1, 0.15) is 31.7 Å². The van der Waals surface area contributed by atoms with E-state index >= 15 is 0 Å². The van der Waals surface area contributed by atoms with Crippen LogP contribution in [0.3, 0.4) is 0 Å². The summed E-state index contributed by atoms with van der Waals surface area (Å²) in [6, 6.07) is 14.8. The van der Waals surface area contributed by atoms with E-state index in [1.54, 1.807) is 6.92 Å². The monoisotopic (exact) mass is 417 g/mol. The summed E-state index contributed by atoms with van der Waals surface area (Å²) < 4.78 is 4.98. The molecular formula is C22H24ClNO5. The van der Waals surface area contributed by atoms with Crippen LogP contribution in [-0.2, 0) is 25.5 Å². The van der Waals surface area contributed by atoms with Gasteiger partial charge >= 0.3 is 11.9 Å². The summed E-state index contributed by atoms with van der Waals surface area (Å²) in [6.07, 6.45) is 0.0576. The first-order chi connectivity index (χ1) is 13.9. The van der Waals surface area contributed by atoms with E-state index in [0.29, 0.717) is 11.4 Å². The van der Waals surface area contributed by atoms with E-state index in [0.717, 1.165) is 16.7 Å². The van der Waals surface area contributed by atoms with Gasteiger partial charge in [-0.25, -0.2) is 0 Å². The van der Waals surface area contributed by atoms with Crippen molar-refractivity contribution in [2.75, 3.05) is 6.61 Å². The molecule has 6 nitrogen and oxygen atoms in total. The zero-order chi connectivity index (χ0) is 21.2. The highest BCUT2D eigenvalue weighted by atomic mass is 35.5. The summed E-state index contributed by atoms with van der Waals surface area (Å²) in [5.74, 6) is -1.85. The molecule has 0 aliphatic carbocycles. The zero-order valence-electron chi connectivity index (χ0n) is 16.2. The molecule has 0 bridgehead atoms. The maximum Gasteiger partial charge on any atom is 0.307 e. The highest BCUT2D eigenvalue weighted by molar-refractivity contribution is 6.30. The first kappa shape index (κ1) is 22.4. The number of hydrogen-bond donors (Lipinski definition) is 2. The van der Waals surface area contributed by atoms with Crippen molar-refractivity contribution in [2.45, 2.75) is 38.6 Å². The Hall–Kier alpha value is -2.86. The number of carboxylic acids is 1. The first-order valence-corrected chi connectivity index (χ1v) is 9.76. The molecule has 0 radical (unpaired) electrons. The number of nitrogens with one attached hydrogen (secondary N) is 1. The third-order valence-electron chi connectivity index (χ3n) is 4.26. The first-order valence-electron chi connectivity index (χ1n) is 9.39. The van der Waals surface area contributed by atoms with Crippen molar-refractivity contribution in [3.05, 3.63) is 59.1 Å². The SMILES string of the molecule is CCOC(=O)C[C@@H](Cc1ccc(-c2ccc(Cl)cc2)cc1)NC(=O)CCC(=O)O. The molecule has 0 fully saturated rings. The van der Waals surface area contributed by atoms with E-state index in [4.69, 9.17) is 21.4 Å².